The summed E-state index contributed by atoms with van der Waals surface area (Å²) in [6.07, 6.45) is 0. The Hall–Kier alpha value is -1.20. The molecule has 0 amide bonds. The maximum absolute atomic E-state index is 5.35. The Morgan fingerprint density at radius 3 is 2.29 bits per heavy atom. The first-order valence-corrected chi connectivity index (χ1v) is 8.07. The molecule has 0 aromatic heterocycles. The van der Waals surface area contributed by atoms with Crippen LogP contribution in [0.5, 0.6) is 11.5 Å². The molecule has 5 heteroatoms. The highest BCUT2D eigenvalue weighted by atomic mass is 79.9. The van der Waals surface area contributed by atoms with Crippen molar-refractivity contribution in [2.75, 3.05) is 19.5 Å². The number of halogens is 2. The van der Waals surface area contributed by atoms with Gasteiger partial charge in [0, 0.05) is 20.7 Å². The second kappa shape index (κ2) is 7.18. The first-order valence-electron chi connectivity index (χ1n) is 6.48. The monoisotopic (exact) mass is 413 g/mol. The molecule has 3 nitrogen and oxygen atoms in total. The molecule has 0 aliphatic heterocycles. The number of rotatable bonds is 5. The van der Waals surface area contributed by atoms with E-state index in [1.54, 1.807) is 14.2 Å². The Morgan fingerprint density at radius 1 is 0.952 bits per heavy atom. The van der Waals surface area contributed by atoms with Gasteiger partial charge in [0.05, 0.1) is 14.2 Å². The summed E-state index contributed by atoms with van der Waals surface area (Å²) in [6, 6.07) is 12.1. The van der Waals surface area contributed by atoms with Crippen molar-refractivity contribution in [3.8, 4) is 11.5 Å². The van der Waals surface area contributed by atoms with Crippen molar-refractivity contribution < 1.29 is 9.47 Å². The lowest BCUT2D eigenvalue weighted by molar-refractivity contribution is 0.354. The molecule has 0 spiro atoms. The smallest absolute Gasteiger partial charge is 0.161 e. The molecule has 0 fully saturated rings. The third-order valence-electron chi connectivity index (χ3n) is 3.21. The van der Waals surface area contributed by atoms with E-state index >= 15 is 0 Å². The number of anilines is 1. The zero-order valence-electron chi connectivity index (χ0n) is 12.1. The molecule has 1 atom stereocenters. The van der Waals surface area contributed by atoms with Crippen molar-refractivity contribution in [1.82, 2.24) is 0 Å². The Balaban J connectivity index is 2.21. The van der Waals surface area contributed by atoms with Gasteiger partial charge in [0.15, 0.2) is 11.5 Å². The van der Waals surface area contributed by atoms with Crippen LogP contribution < -0.4 is 14.8 Å². The van der Waals surface area contributed by atoms with Gasteiger partial charge < -0.3 is 14.8 Å². The molecule has 0 heterocycles. The number of ether oxygens (including phenoxy) is 2. The quantitative estimate of drug-likeness (QED) is 0.710. The summed E-state index contributed by atoms with van der Waals surface area (Å²) < 4.78 is 12.7. The number of methoxy groups -OCH3 is 2. The minimum absolute atomic E-state index is 0.141. The van der Waals surface area contributed by atoms with Gasteiger partial charge in [-0.15, -0.1) is 0 Å². The van der Waals surface area contributed by atoms with E-state index in [1.807, 2.05) is 36.4 Å². The van der Waals surface area contributed by atoms with Crippen LogP contribution in [0.4, 0.5) is 5.69 Å². The van der Waals surface area contributed by atoms with Crippen LogP contribution in [0.3, 0.4) is 0 Å². The average Bonchev–Trinajstić information content (AvgIpc) is 2.49. The molecule has 0 aliphatic carbocycles. The van der Waals surface area contributed by atoms with Gasteiger partial charge in [-0.05, 0) is 58.7 Å². The van der Waals surface area contributed by atoms with Crippen LogP contribution in [0.15, 0.2) is 45.3 Å². The minimum Gasteiger partial charge on any atom is -0.493 e. The first kappa shape index (κ1) is 16.2. The number of nitrogens with one attached hydrogen (secondary N) is 1. The minimum atomic E-state index is 0.141. The summed E-state index contributed by atoms with van der Waals surface area (Å²) in [7, 11) is 3.28. The van der Waals surface area contributed by atoms with Crippen molar-refractivity contribution >= 4 is 37.5 Å². The van der Waals surface area contributed by atoms with Gasteiger partial charge >= 0.3 is 0 Å². The molecule has 0 radical (unpaired) electrons. The van der Waals surface area contributed by atoms with Crippen LogP contribution in [0.2, 0.25) is 0 Å². The first-order chi connectivity index (χ1) is 10.0. The van der Waals surface area contributed by atoms with E-state index in [-0.39, 0.29) is 6.04 Å². The Labute approximate surface area is 141 Å². The standard InChI is InChI=1S/C16H17Br2NO2/c1-10(19-14-6-5-12(17)9-13(14)18)11-4-7-15(20-2)16(8-11)21-3/h4-10,19H,1-3H3. The van der Waals surface area contributed by atoms with Crippen molar-refractivity contribution in [1.29, 1.82) is 0 Å². The van der Waals surface area contributed by atoms with Crippen molar-refractivity contribution in [2.24, 2.45) is 0 Å². The Bertz CT molecular complexity index is 632. The lowest BCUT2D eigenvalue weighted by atomic mass is 10.1. The summed E-state index contributed by atoms with van der Waals surface area (Å²) >= 11 is 7.02. The van der Waals surface area contributed by atoms with Gasteiger partial charge in [0.2, 0.25) is 0 Å². The van der Waals surface area contributed by atoms with Gasteiger partial charge in [-0.3, -0.25) is 0 Å². The van der Waals surface area contributed by atoms with Gasteiger partial charge in [0.25, 0.3) is 0 Å². The van der Waals surface area contributed by atoms with Crippen molar-refractivity contribution in [2.45, 2.75) is 13.0 Å². The van der Waals surface area contributed by atoms with Crippen LogP contribution in [0.1, 0.15) is 18.5 Å². The molecule has 0 aliphatic rings. The molecule has 0 saturated heterocycles. The van der Waals surface area contributed by atoms with Gasteiger partial charge in [-0.25, -0.2) is 0 Å². The highest BCUT2D eigenvalue weighted by Gasteiger charge is 2.11. The van der Waals surface area contributed by atoms with E-state index in [4.69, 9.17) is 9.47 Å². The van der Waals surface area contributed by atoms with Crippen LogP contribution in [0.25, 0.3) is 0 Å². The molecular formula is C16H17Br2NO2. The third kappa shape index (κ3) is 3.92. The van der Waals surface area contributed by atoms with Gasteiger partial charge in [-0.1, -0.05) is 22.0 Å². The lowest BCUT2D eigenvalue weighted by Crippen LogP contribution is -2.07. The number of hydrogen-bond acceptors (Lipinski definition) is 3. The summed E-state index contributed by atoms with van der Waals surface area (Å²) in [4.78, 5) is 0. The van der Waals surface area contributed by atoms with E-state index in [2.05, 4.69) is 44.1 Å². The topological polar surface area (TPSA) is 30.5 Å². The molecule has 0 saturated carbocycles. The molecule has 21 heavy (non-hydrogen) atoms. The van der Waals surface area contributed by atoms with Crippen LogP contribution in [-0.4, -0.2) is 14.2 Å². The summed E-state index contributed by atoms with van der Waals surface area (Å²) in [6.45, 7) is 2.11. The average molecular weight is 415 g/mol. The van der Waals surface area contributed by atoms with Crippen molar-refractivity contribution in [3.05, 3.63) is 50.9 Å². The van der Waals surface area contributed by atoms with Gasteiger partial charge in [-0.2, -0.15) is 0 Å². The summed E-state index contributed by atoms with van der Waals surface area (Å²) in [5.74, 6) is 1.47. The summed E-state index contributed by atoms with van der Waals surface area (Å²) in [5, 5.41) is 3.48. The zero-order chi connectivity index (χ0) is 15.4. The SMILES string of the molecule is COc1ccc(C(C)Nc2ccc(Br)cc2Br)cc1OC. The Morgan fingerprint density at radius 2 is 1.67 bits per heavy atom. The van der Waals surface area contributed by atoms with Crippen LogP contribution in [0, 0.1) is 0 Å². The molecular weight excluding hydrogens is 398 g/mol. The van der Waals surface area contributed by atoms with E-state index in [0.29, 0.717) is 0 Å². The molecule has 1 N–H and O–H groups in total. The van der Waals surface area contributed by atoms with Crippen LogP contribution in [-0.2, 0) is 0 Å². The fourth-order valence-corrected chi connectivity index (χ4v) is 3.21. The van der Waals surface area contributed by atoms with Crippen LogP contribution >= 0.6 is 31.9 Å². The molecule has 1 unspecified atom stereocenters. The largest absolute Gasteiger partial charge is 0.493 e. The number of benzene rings is 2. The number of hydrogen-bond donors (Lipinski definition) is 1. The molecule has 112 valence electrons. The van der Waals surface area contributed by atoms with E-state index < -0.39 is 0 Å². The highest BCUT2D eigenvalue weighted by Crippen LogP contribution is 2.33. The van der Waals surface area contributed by atoms with E-state index in [9.17, 15) is 0 Å². The van der Waals surface area contributed by atoms with Crippen molar-refractivity contribution in [3.63, 3.8) is 0 Å². The second-order valence-electron chi connectivity index (χ2n) is 4.60. The fourth-order valence-electron chi connectivity index (χ4n) is 2.05. The summed E-state index contributed by atoms with van der Waals surface area (Å²) in [5.41, 5.74) is 2.17. The maximum Gasteiger partial charge on any atom is 0.161 e. The predicted octanol–water partition coefficient (Wildman–Crippen LogP) is 5.40. The maximum atomic E-state index is 5.35. The highest BCUT2D eigenvalue weighted by molar-refractivity contribution is 9.11. The molecule has 0 bridgehead atoms. The fraction of sp³-hybridized carbons (Fsp3) is 0.250. The van der Waals surface area contributed by atoms with E-state index in [1.165, 1.54) is 0 Å². The van der Waals surface area contributed by atoms with Gasteiger partial charge in [0.1, 0.15) is 0 Å². The molecule has 2 aromatic rings. The third-order valence-corrected chi connectivity index (χ3v) is 4.36. The van der Waals surface area contributed by atoms with E-state index in [0.717, 1.165) is 31.7 Å². The normalized spacial score (nSPS) is 11.9. The molecule has 2 rings (SSSR count). The molecule has 2 aromatic carbocycles. The second-order valence-corrected chi connectivity index (χ2v) is 6.37. The zero-order valence-corrected chi connectivity index (χ0v) is 15.3. The Kier molecular flexibility index (Phi) is 5.53. The lowest BCUT2D eigenvalue weighted by Gasteiger charge is -2.18. The predicted molar refractivity (Wildman–Crippen MR) is 93.4 cm³/mol.